The summed E-state index contributed by atoms with van der Waals surface area (Å²) < 4.78 is 10.5. The van der Waals surface area contributed by atoms with Crippen molar-refractivity contribution in [1.29, 1.82) is 0 Å². The standard InChI is InChI=1S/C23H25NO4/c1-4-27-22(25)21(23(26)28-5-2)20(16-9-7-6-8-10-16)18-14-24-19-12-11-15(3)13-17(18)19/h6-14,20-21,24H,4-5H2,1-3H3/t20-/m0/s1. The third kappa shape index (κ3) is 3.93. The Balaban J connectivity index is 2.21. The predicted octanol–water partition coefficient (Wildman–Crippen LogP) is 4.35. The molecule has 0 bridgehead atoms. The number of hydrogen-bond donors (Lipinski definition) is 1. The summed E-state index contributed by atoms with van der Waals surface area (Å²) in [5.74, 6) is -2.75. The Bertz CT molecular complexity index is 943. The summed E-state index contributed by atoms with van der Waals surface area (Å²) in [6.07, 6.45) is 1.87. The molecular weight excluding hydrogens is 354 g/mol. The molecule has 0 radical (unpaired) electrons. The van der Waals surface area contributed by atoms with Gasteiger partial charge in [0.1, 0.15) is 0 Å². The highest BCUT2D eigenvalue weighted by molar-refractivity contribution is 5.98. The fourth-order valence-corrected chi connectivity index (χ4v) is 3.56. The summed E-state index contributed by atoms with van der Waals surface area (Å²) in [7, 11) is 0. The Kier molecular flexibility index (Phi) is 6.14. The zero-order chi connectivity index (χ0) is 20.1. The quantitative estimate of drug-likeness (QED) is 0.489. The normalized spacial score (nSPS) is 12.1. The number of benzene rings is 2. The van der Waals surface area contributed by atoms with Crippen molar-refractivity contribution in [2.24, 2.45) is 5.92 Å². The smallest absolute Gasteiger partial charge is 0.321 e. The van der Waals surface area contributed by atoms with Crippen molar-refractivity contribution in [2.45, 2.75) is 26.7 Å². The van der Waals surface area contributed by atoms with Gasteiger partial charge in [-0.3, -0.25) is 9.59 Å². The molecule has 1 N–H and O–H groups in total. The van der Waals surface area contributed by atoms with Crippen molar-refractivity contribution in [3.05, 3.63) is 71.4 Å². The lowest BCUT2D eigenvalue weighted by Crippen LogP contribution is -2.34. The first kappa shape index (κ1) is 19.7. The molecule has 0 aliphatic heterocycles. The molecule has 0 unspecified atom stereocenters. The molecule has 1 heterocycles. The van der Waals surface area contributed by atoms with Crippen molar-refractivity contribution in [2.75, 3.05) is 13.2 Å². The lowest BCUT2D eigenvalue weighted by molar-refractivity contribution is -0.162. The van der Waals surface area contributed by atoms with Gasteiger partial charge in [0.05, 0.1) is 13.2 Å². The highest BCUT2D eigenvalue weighted by Crippen LogP contribution is 2.38. The van der Waals surface area contributed by atoms with Gasteiger partial charge >= 0.3 is 11.9 Å². The molecule has 0 saturated heterocycles. The van der Waals surface area contributed by atoms with E-state index in [-0.39, 0.29) is 13.2 Å². The molecule has 1 aromatic heterocycles. The van der Waals surface area contributed by atoms with E-state index < -0.39 is 23.8 Å². The fourth-order valence-electron chi connectivity index (χ4n) is 3.56. The average Bonchev–Trinajstić information content (AvgIpc) is 3.09. The molecule has 2 aromatic carbocycles. The molecule has 146 valence electrons. The fraction of sp³-hybridized carbons (Fsp3) is 0.304. The zero-order valence-corrected chi connectivity index (χ0v) is 16.4. The van der Waals surface area contributed by atoms with Gasteiger partial charge in [-0.2, -0.15) is 0 Å². The Labute approximate surface area is 164 Å². The van der Waals surface area contributed by atoms with Crippen LogP contribution in [0.5, 0.6) is 0 Å². The van der Waals surface area contributed by atoms with Crippen LogP contribution in [-0.4, -0.2) is 30.1 Å². The number of rotatable bonds is 7. The second-order valence-corrected chi connectivity index (χ2v) is 6.66. The molecule has 0 amide bonds. The summed E-state index contributed by atoms with van der Waals surface area (Å²) in [6, 6.07) is 15.6. The van der Waals surface area contributed by atoms with Gasteiger partial charge in [-0.1, -0.05) is 42.0 Å². The monoisotopic (exact) mass is 379 g/mol. The third-order valence-electron chi connectivity index (χ3n) is 4.78. The van der Waals surface area contributed by atoms with Gasteiger partial charge in [0.15, 0.2) is 5.92 Å². The van der Waals surface area contributed by atoms with Gasteiger partial charge in [-0.25, -0.2) is 0 Å². The second kappa shape index (κ2) is 8.74. The summed E-state index contributed by atoms with van der Waals surface area (Å²) in [6.45, 7) is 5.87. The zero-order valence-electron chi connectivity index (χ0n) is 16.4. The molecular formula is C23H25NO4. The highest BCUT2D eigenvalue weighted by atomic mass is 16.6. The van der Waals surface area contributed by atoms with Crippen molar-refractivity contribution < 1.29 is 19.1 Å². The second-order valence-electron chi connectivity index (χ2n) is 6.66. The van der Waals surface area contributed by atoms with E-state index >= 15 is 0 Å². The largest absolute Gasteiger partial charge is 0.465 e. The molecule has 1 atom stereocenters. The van der Waals surface area contributed by atoms with E-state index in [1.807, 2.05) is 55.6 Å². The first-order valence-corrected chi connectivity index (χ1v) is 9.52. The topological polar surface area (TPSA) is 68.4 Å². The van der Waals surface area contributed by atoms with Gasteiger partial charge in [0.2, 0.25) is 0 Å². The first-order chi connectivity index (χ1) is 13.6. The van der Waals surface area contributed by atoms with Gasteiger partial charge in [0.25, 0.3) is 0 Å². The minimum absolute atomic E-state index is 0.198. The van der Waals surface area contributed by atoms with E-state index in [9.17, 15) is 9.59 Å². The van der Waals surface area contributed by atoms with Crippen LogP contribution in [0.25, 0.3) is 10.9 Å². The van der Waals surface area contributed by atoms with Crippen LogP contribution in [0.3, 0.4) is 0 Å². The van der Waals surface area contributed by atoms with Gasteiger partial charge in [-0.15, -0.1) is 0 Å². The van der Waals surface area contributed by atoms with E-state index in [0.717, 1.165) is 27.6 Å². The van der Waals surface area contributed by atoms with Crippen molar-refractivity contribution in [1.82, 2.24) is 4.98 Å². The van der Waals surface area contributed by atoms with E-state index in [2.05, 4.69) is 11.1 Å². The van der Waals surface area contributed by atoms with Crippen LogP contribution in [0.4, 0.5) is 0 Å². The van der Waals surface area contributed by atoms with Gasteiger partial charge in [-0.05, 0) is 44.0 Å². The predicted molar refractivity (Wildman–Crippen MR) is 108 cm³/mol. The summed E-state index contributed by atoms with van der Waals surface area (Å²) >= 11 is 0. The Morgan fingerprint density at radius 1 is 0.964 bits per heavy atom. The minimum Gasteiger partial charge on any atom is -0.465 e. The Morgan fingerprint density at radius 3 is 2.21 bits per heavy atom. The van der Waals surface area contributed by atoms with Crippen molar-refractivity contribution in [3.8, 4) is 0 Å². The van der Waals surface area contributed by atoms with E-state index in [1.54, 1.807) is 13.8 Å². The number of aromatic amines is 1. The van der Waals surface area contributed by atoms with E-state index in [1.165, 1.54) is 0 Å². The van der Waals surface area contributed by atoms with Crippen LogP contribution in [0.2, 0.25) is 0 Å². The number of aromatic nitrogens is 1. The molecule has 28 heavy (non-hydrogen) atoms. The number of carbonyl (C=O) groups is 2. The number of carbonyl (C=O) groups excluding carboxylic acids is 2. The maximum Gasteiger partial charge on any atom is 0.321 e. The van der Waals surface area contributed by atoms with Gasteiger partial charge in [0, 0.05) is 23.0 Å². The third-order valence-corrected chi connectivity index (χ3v) is 4.78. The molecule has 5 heteroatoms. The summed E-state index contributed by atoms with van der Waals surface area (Å²) in [5, 5.41) is 0.979. The lowest BCUT2D eigenvalue weighted by atomic mass is 9.80. The lowest BCUT2D eigenvalue weighted by Gasteiger charge is -2.24. The molecule has 3 aromatic rings. The van der Waals surface area contributed by atoms with E-state index in [4.69, 9.17) is 9.47 Å². The molecule has 5 nitrogen and oxygen atoms in total. The molecule has 0 spiro atoms. The SMILES string of the molecule is CCOC(=O)C(C(=O)OCC)[C@@H](c1ccccc1)c1c[nH]c2ccc(C)cc12. The van der Waals surface area contributed by atoms with Crippen LogP contribution in [-0.2, 0) is 19.1 Å². The Morgan fingerprint density at radius 2 is 1.61 bits per heavy atom. The molecule has 0 fully saturated rings. The number of ether oxygens (including phenoxy) is 2. The number of aryl methyl sites for hydroxylation is 1. The highest BCUT2D eigenvalue weighted by Gasteiger charge is 2.40. The Hall–Kier alpha value is -3.08. The van der Waals surface area contributed by atoms with Crippen molar-refractivity contribution in [3.63, 3.8) is 0 Å². The van der Waals surface area contributed by atoms with Crippen LogP contribution < -0.4 is 0 Å². The van der Waals surface area contributed by atoms with Gasteiger partial charge < -0.3 is 14.5 Å². The molecule has 0 aliphatic rings. The number of esters is 2. The number of fused-ring (bicyclic) bond motifs is 1. The van der Waals surface area contributed by atoms with Crippen LogP contribution in [0.1, 0.15) is 36.5 Å². The van der Waals surface area contributed by atoms with Crippen LogP contribution in [0.15, 0.2) is 54.7 Å². The van der Waals surface area contributed by atoms with Crippen LogP contribution >= 0.6 is 0 Å². The maximum atomic E-state index is 12.8. The van der Waals surface area contributed by atoms with E-state index in [0.29, 0.717) is 0 Å². The van der Waals surface area contributed by atoms with Crippen molar-refractivity contribution >= 4 is 22.8 Å². The molecule has 0 aliphatic carbocycles. The maximum absolute atomic E-state index is 12.8. The number of hydrogen-bond acceptors (Lipinski definition) is 4. The number of H-pyrrole nitrogens is 1. The first-order valence-electron chi connectivity index (χ1n) is 9.52. The number of nitrogens with one attached hydrogen (secondary N) is 1. The minimum atomic E-state index is -1.08. The summed E-state index contributed by atoms with van der Waals surface area (Å²) in [5.41, 5.74) is 3.78. The van der Waals surface area contributed by atoms with Crippen LogP contribution in [0, 0.1) is 12.8 Å². The molecule has 0 saturated carbocycles. The summed E-state index contributed by atoms with van der Waals surface area (Å²) in [4.78, 5) is 28.9. The molecule has 3 rings (SSSR count). The average molecular weight is 379 g/mol.